The Balaban J connectivity index is 2.54. The number of aromatic nitrogens is 2. The number of ether oxygens (including phenoxy) is 1. The number of para-hydroxylation sites is 2. The molecule has 1 heterocycles. The highest BCUT2D eigenvalue weighted by atomic mass is 35.5. The van der Waals surface area contributed by atoms with Crippen LogP contribution >= 0.6 is 23.2 Å². The van der Waals surface area contributed by atoms with Crippen LogP contribution in [0.5, 0.6) is 5.75 Å². The maximum absolute atomic E-state index is 6.36. The SMILES string of the molecule is COc1ccccc1-n1nc(C)c(CCCl)c1Cl. The number of methoxy groups -OCH3 is 1. The lowest BCUT2D eigenvalue weighted by atomic mass is 10.2. The van der Waals surface area contributed by atoms with Crippen LogP contribution in [0.1, 0.15) is 11.3 Å². The van der Waals surface area contributed by atoms with Gasteiger partial charge in [0.1, 0.15) is 16.6 Å². The van der Waals surface area contributed by atoms with Crippen LogP contribution in [0.2, 0.25) is 5.15 Å². The molecule has 1 aromatic heterocycles. The van der Waals surface area contributed by atoms with Crippen molar-refractivity contribution in [3.8, 4) is 11.4 Å². The molecule has 0 saturated carbocycles. The van der Waals surface area contributed by atoms with Crippen molar-refractivity contribution < 1.29 is 4.74 Å². The van der Waals surface area contributed by atoms with Gasteiger partial charge in [0, 0.05) is 11.4 Å². The first-order valence-electron chi connectivity index (χ1n) is 5.62. The second kappa shape index (κ2) is 5.63. The van der Waals surface area contributed by atoms with Gasteiger partial charge in [0.05, 0.1) is 12.8 Å². The van der Waals surface area contributed by atoms with Gasteiger partial charge in [-0.25, -0.2) is 4.68 Å². The average molecular weight is 285 g/mol. The maximum Gasteiger partial charge on any atom is 0.144 e. The van der Waals surface area contributed by atoms with Crippen molar-refractivity contribution in [1.29, 1.82) is 0 Å². The van der Waals surface area contributed by atoms with Gasteiger partial charge in [-0.2, -0.15) is 5.10 Å². The molecule has 1 aromatic carbocycles. The van der Waals surface area contributed by atoms with Crippen molar-refractivity contribution in [3.63, 3.8) is 0 Å². The van der Waals surface area contributed by atoms with Crippen molar-refractivity contribution in [2.75, 3.05) is 13.0 Å². The lowest BCUT2D eigenvalue weighted by molar-refractivity contribution is 0.411. The van der Waals surface area contributed by atoms with E-state index in [4.69, 9.17) is 27.9 Å². The minimum Gasteiger partial charge on any atom is -0.494 e. The molecule has 0 unspecified atom stereocenters. The molecule has 0 aliphatic carbocycles. The van der Waals surface area contributed by atoms with E-state index in [0.717, 1.165) is 22.7 Å². The summed E-state index contributed by atoms with van der Waals surface area (Å²) in [5.74, 6) is 1.26. The van der Waals surface area contributed by atoms with E-state index in [0.29, 0.717) is 17.5 Å². The Kier molecular flexibility index (Phi) is 4.15. The Morgan fingerprint density at radius 1 is 1.33 bits per heavy atom. The first kappa shape index (κ1) is 13.2. The highest BCUT2D eigenvalue weighted by molar-refractivity contribution is 6.30. The van der Waals surface area contributed by atoms with Gasteiger partial charge in [0.2, 0.25) is 0 Å². The molecule has 0 radical (unpaired) electrons. The van der Waals surface area contributed by atoms with Crippen molar-refractivity contribution in [1.82, 2.24) is 9.78 Å². The van der Waals surface area contributed by atoms with Crippen LogP contribution in [-0.2, 0) is 6.42 Å². The lowest BCUT2D eigenvalue weighted by Gasteiger charge is -2.08. The van der Waals surface area contributed by atoms with Crippen LogP contribution in [0.3, 0.4) is 0 Å². The molecule has 5 heteroatoms. The van der Waals surface area contributed by atoms with Crippen molar-refractivity contribution >= 4 is 23.2 Å². The summed E-state index contributed by atoms with van der Waals surface area (Å²) in [5.41, 5.74) is 2.71. The van der Waals surface area contributed by atoms with Gasteiger partial charge in [0.25, 0.3) is 0 Å². The van der Waals surface area contributed by atoms with Crippen molar-refractivity contribution in [3.05, 3.63) is 40.7 Å². The van der Waals surface area contributed by atoms with Crippen LogP contribution in [0.15, 0.2) is 24.3 Å². The monoisotopic (exact) mass is 284 g/mol. The number of benzene rings is 1. The maximum atomic E-state index is 6.36. The summed E-state index contributed by atoms with van der Waals surface area (Å²) in [6.45, 7) is 1.93. The third kappa shape index (κ3) is 2.33. The fourth-order valence-corrected chi connectivity index (χ4v) is 2.42. The standard InChI is InChI=1S/C13H14Cl2N2O/c1-9-10(7-8-14)13(15)17(16-9)11-5-3-4-6-12(11)18-2/h3-6H,7-8H2,1-2H3. The third-order valence-electron chi connectivity index (χ3n) is 2.78. The summed E-state index contributed by atoms with van der Waals surface area (Å²) >= 11 is 12.1. The summed E-state index contributed by atoms with van der Waals surface area (Å²) in [6.07, 6.45) is 0.710. The molecule has 0 aliphatic heterocycles. The van der Waals surface area contributed by atoms with Gasteiger partial charge in [-0.15, -0.1) is 11.6 Å². The second-order valence-electron chi connectivity index (χ2n) is 3.88. The zero-order valence-corrected chi connectivity index (χ0v) is 11.8. The number of nitrogens with zero attached hydrogens (tertiary/aromatic N) is 2. The Labute approximate surface area is 116 Å². The van der Waals surface area contributed by atoms with Crippen LogP contribution in [-0.4, -0.2) is 22.8 Å². The van der Waals surface area contributed by atoms with E-state index in [1.165, 1.54) is 0 Å². The Morgan fingerprint density at radius 2 is 2.06 bits per heavy atom. The molecule has 0 amide bonds. The average Bonchev–Trinajstić information content (AvgIpc) is 2.67. The lowest BCUT2D eigenvalue weighted by Crippen LogP contribution is -2.00. The van der Waals surface area contributed by atoms with Crippen LogP contribution < -0.4 is 4.74 Å². The van der Waals surface area contributed by atoms with Gasteiger partial charge in [-0.05, 0) is 25.5 Å². The van der Waals surface area contributed by atoms with E-state index in [1.54, 1.807) is 11.8 Å². The number of hydrogen-bond donors (Lipinski definition) is 0. The predicted molar refractivity (Wildman–Crippen MR) is 74.3 cm³/mol. The highest BCUT2D eigenvalue weighted by Gasteiger charge is 2.16. The molecule has 0 aliphatic rings. The van der Waals surface area contributed by atoms with Gasteiger partial charge in [0.15, 0.2) is 0 Å². The second-order valence-corrected chi connectivity index (χ2v) is 4.61. The number of aryl methyl sites for hydroxylation is 1. The molecular formula is C13H14Cl2N2O. The molecule has 0 fully saturated rings. The molecule has 3 nitrogen and oxygen atoms in total. The van der Waals surface area contributed by atoms with Crippen LogP contribution in [0.25, 0.3) is 5.69 Å². The highest BCUT2D eigenvalue weighted by Crippen LogP contribution is 2.29. The van der Waals surface area contributed by atoms with Crippen molar-refractivity contribution in [2.24, 2.45) is 0 Å². The molecular weight excluding hydrogens is 271 g/mol. The normalized spacial score (nSPS) is 10.7. The number of alkyl halides is 1. The third-order valence-corrected chi connectivity index (χ3v) is 3.36. The summed E-state index contributed by atoms with van der Waals surface area (Å²) in [5, 5.41) is 5.05. The van der Waals surface area contributed by atoms with Gasteiger partial charge in [-0.3, -0.25) is 0 Å². The topological polar surface area (TPSA) is 27.1 Å². The van der Waals surface area contributed by atoms with E-state index in [1.807, 2.05) is 31.2 Å². The summed E-state index contributed by atoms with van der Waals surface area (Å²) < 4.78 is 7.01. The Bertz CT molecular complexity index is 552. The molecule has 2 rings (SSSR count). The molecule has 18 heavy (non-hydrogen) atoms. The van der Waals surface area contributed by atoms with E-state index in [9.17, 15) is 0 Å². The number of hydrogen-bond acceptors (Lipinski definition) is 2. The summed E-state index contributed by atoms with van der Waals surface area (Å²) in [7, 11) is 1.63. The van der Waals surface area contributed by atoms with E-state index in [-0.39, 0.29) is 0 Å². The summed E-state index contributed by atoms with van der Waals surface area (Å²) in [4.78, 5) is 0. The summed E-state index contributed by atoms with van der Waals surface area (Å²) in [6, 6.07) is 7.63. The largest absolute Gasteiger partial charge is 0.494 e. The number of rotatable bonds is 4. The van der Waals surface area contributed by atoms with E-state index >= 15 is 0 Å². The fraction of sp³-hybridized carbons (Fsp3) is 0.308. The molecule has 0 spiro atoms. The van der Waals surface area contributed by atoms with Gasteiger partial charge in [-0.1, -0.05) is 23.7 Å². The predicted octanol–water partition coefficient (Wildman–Crippen LogP) is 3.62. The molecule has 96 valence electrons. The fourth-order valence-electron chi connectivity index (χ4n) is 1.87. The van der Waals surface area contributed by atoms with Crippen LogP contribution in [0, 0.1) is 6.92 Å². The van der Waals surface area contributed by atoms with Crippen molar-refractivity contribution in [2.45, 2.75) is 13.3 Å². The minimum atomic E-state index is 0.526. The molecule has 0 bridgehead atoms. The molecule has 0 saturated heterocycles. The zero-order chi connectivity index (χ0) is 13.1. The zero-order valence-electron chi connectivity index (χ0n) is 10.3. The molecule has 0 atom stereocenters. The van der Waals surface area contributed by atoms with E-state index in [2.05, 4.69) is 5.10 Å². The molecule has 0 N–H and O–H groups in total. The first-order chi connectivity index (χ1) is 8.69. The quantitative estimate of drug-likeness (QED) is 0.802. The van der Waals surface area contributed by atoms with E-state index < -0.39 is 0 Å². The Hall–Kier alpha value is -1.19. The first-order valence-corrected chi connectivity index (χ1v) is 6.53. The van der Waals surface area contributed by atoms with Gasteiger partial charge < -0.3 is 4.74 Å². The minimum absolute atomic E-state index is 0.526. The Morgan fingerprint density at radius 3 is 2.72 bits per heavy atom. The number of halogens is 2. The smallest absolute Gasteiger partial charge is 0.144 e. The molecule has 2 aromatic rings. The van der Waals surface area contributed by atoms with Gasteiger partial charge >= 0.3 is 0 Å². The van der Waals surface area contributed by atoms with Crippen LogP contribution in [0.4, 0.5) is 0 Å².